The molecule has 0 saturated carbocycles. The van der Waals surface area contributed by atoms with Crippen LogP contribution in [0.3, 0.4) is 0 Å². The minimum atomic E-state index is 0.618. The molecule has 25 heavy (non-hydrogen) atoms. The van der Waals surface area contributed by atoms with Gasteiger partial charge in [0, 0.05) is 29.0 Å². The van der Waals surface area contributed by atoms with Gasteiger partial charge in [-0.3, -0.25) is 4.98 Å². The van der Waals surface area contributed by atoms with E-state index in [9.17, 15) is 0 Å². The molecule has 0 aliphatic carbocycles. The topological polar surface area (TPSA) is 49.8 Å². The summed E-state index contributed by atoms with van der Waals surface area (Å²) in [5.41, 5.74) is 1.95. The summed E-state index contributed by atoms with van der Waals surface area (Å²) in [6.07, 6.45) is 2.40. The first-order valence-electron chi connectivity index (χ1n) is 7.92. The number of para-hydroxylation sites is 1. The fourth-order valence-corrected chi connectivity index (χ4v) is 3.05. The first kappa shape index (κ1) is 16.9. The van der Waals surface area contributed by atoms with Crippen LogP contribution in [0, 0.1) is 0 Å². The highest BCUT2D eigenvalue weighted by Crippen LogP contribution is 2.38. The van der Waals surface area contributed by atoms with Crippen LogP contribution in [0.5, 0.6) is 23.0 Å². The largest absolute Gasteiger partial charge is 0.493 e. The average Bonchev–Trinajstić information content (AvgIpc) is 2.66. The number of ether oxygens (including phenoxy) is 4. The van der Waals surface area contributed by atoms with Crippen molar-refractivity contribution < 1.29 is 18.9 Å². The molecule has 130 valence electrons. The second-order valence-electron chi connectivity index (χ2n) is 5.48. The van der Waals surface area contributed by atoms with E-state index in [4.69, 9.17) is 18.9 Å². The van der Waals surface area contributed by atoms with E-state index in [0.29, 0.717) is 23.7 Å². The van der Waals surface area contributed by atoms with Gasteiger partial charge in [0.2, 0.25) is 0 Å². The molecule has 3 rings (SSSR count). The Balaban J connectivity index is 2.12. The molecule has 1 heterocycles. The SMILES string of the molecule is COc1cccc(Cc2nccc3c(OC)c(OC)ccc23)c1OC. The van der Waals surface area contributed by atoms with Gasteiger partial charge in [-0.05, 0) is 24.3 Å². The molecule has 0 amide bonds. The van der Waals surface area contributed by atoms with Gasteiger partial charge in [-0.1, -0.05) is 12.1 Å². The lowest BCUT2D eigenvalue weighted by Gasteiger charge is -2.15. The molecule has 5 nitrogen and oxygen atoms in total. The highest BCUT2D eigenvalue weighted by molar-refractivity contribution is 5.92. The maximum Gasteiger partial charge on any atom is 0.168 e. The Bertz CT molecular complexity index is 892. The maximum absolute atomic E-state index is 5.54. The van der Waals surface area contributed by atoms with E-state index in [1.165, 1.54) is 0 Å². The van der Waals surface area contributed by atoms with Crippen LogP contribution in [-0.4, -0.2) is 33.4 Å². The predicted octanol–water partition coefficient (Wildman–Crippen LogP) is 3.86. The van der Waals surface area contributed by atoms with Crippen molar-refractivity contribution in [1.29, 1.82) is 0 Å². The number of benzene rings is 2. The van der Waals surface area contributed by atoms with Gasteiger partial charge in [0.15, 0.2) is 23.0 Å². The zero-order chi connectivity index (χ0) is 17.8. The van der Waals surface area contributed by atoms with E-state index in [0.717, 1.165) is 27.8 Å². The van der Waals surface area contributed by atoms with Crippen LogP contribution in [0.1, 0.15) is 11.3 Å². The smallest absolute Gasteiger partial charge is 0.168 e. The molecule has 0 saturated heterocycles. The highest BCUT2D eigenvalue weighted by Gasteiger charge is 2.15. The fraction of sp³-hybridized carbons (Fsp3) is 0.250. The number of pyridine rings is 1. The second-order valence-corrected chi connectivity index (χ2v) is 5.48. The van der Waals surface area contributed by atoms with Crippen LogP contribution in [0.15, 0.2) is 42.6 Å². The van der Waals surface area contributed by atoms with Gasteiger partial charge >= 0.3 is 0 Å². The molecule has 0 radical (unpaired) electrons. The summed E-state index contributed by atoms with van der Waals surface area (Å²) in [7, 11) is 6.55. The van der Waals surface area contributed by atoms with E-state index in [-0.39, 0.29) is 0 Å². The first-order valence-corrected chi connectivity index (χ1v) is 7.92. The van der Waals surface area contributed by atoms with Gasteiger partial charge in [-0.15, -0.1) is 0 Å². The number of aromatic nitrogens is 1. The van der Waals surface area contributed by atoms with Crippen molar-refractivity contribution >= 4 is 10.8 Å². The van der Waals surface area contributed by atoms with Crippen molar-refractivity contribution in [3.63, 3.8) is 0 Å². The van der Waals surface area contributed by atoms with E-state index in [1.807, 2.05) is 36.4 Å². The Kier molecular flexibility index (Phi) is 4.93. The summed E-state index contributed by atoms with van der Waals surface area (Å²) >= 11 is 0. The summed E-state index contributed by atoms with van der Waals surface area (Å²) in [6, 6.07) is 11.7. The zero-order valence-corrected chi connectivity index (χ0v) is 14.8. The van der Waals surface area contributed by atoms with Crippen molar-refractivity contribution in [2.75, 3.05) is 28.4 Å². The standard InChI is InChI=1S/C20H21NO4/c1-22-17-7-5-6-13(19(17)24-3)12-16-14-8-9-18(23-2)20(25-4)15(14)10-11-21-16/h5-11H,12H2,1-4H3. The molecule has 2 aromatic carbocycles. The van der Waals surface area contributed by atoms with Crippen molar-refractivity contribution in [1.82, 2.24) is 4.98 Å². The van der Waals surface area contributed by atoms with Crippen LogP contribution >= 0.6 is 0 Å². The Hall–Kier alpha value is -2.95. The lowest BCUT2D eigenvalue weighted by atomic mass is 10.0. The molecule has 0 aliphatic heterocycles. The summed E-state index contributed by atoms with van der Waals surface area (Å²) in [5.74, 6) is 2.84. The molecule has 0 bridgehead atoms. The quantitative estimate of drug-likeness (QED) is 0.682. The fourth-order valence-electron chi connectivity index (χ4n) is 3.05. The number of hydrogen-bond acceptors (Lipinski definition) is 5. The molecule has 0 atom stereocenters. The van der Waals surface area contributed by atoms with Crippen LogP contribution in [-0.2, 0) is 6.42 Å². The minimum Gasteiger partial charge on any atom is -0.493 e. The summed E-state index contributed by atoms with van der Waals surface area (Å²) in [5, 5.41) is 1.98. The van der Waals surface area contributed by atoms with Gasteiger partial charge < -0.3 is 18.9 Å². The third-order valence-corrected chi connectivity index (χ3v) is 4.21. The van der Waals surface area contributed by atoms with Gasteiger partial charge in [0.25, 0.3) is 0 Å². The molecular formula is C20H21NO4. The summed E-state index contributed by atoms with van der Waals surface area (Å²) in [6.45, 7) is 0. The van der Waals surface area contributed by atoms with E-state index in [1.54, 1.807) is 34.6 Å². The molecule has 1 aromatic heterocycles. The van der Waals surface area contributed by atoms with Crippen molar-refractivity contribution in [3.05, 3.63) is 53.9 Å². The van der Waals surface area contributed by atoms with Gasteiger partial charge in [-0.25, -0.2) is 0 Å². The lowest BCUT2D eigenvalue weighted by molar-refractivity contribution is 0.352. The number of fused-ring (bicyclic) bond motifs is 1. The maximum atomic E-state index is 5.54. The Morgan fingerprint density at radius 1 is 0.720 bits per heavy atom. The predicted molar refractivity (Wildman–Crippen MR) is 97.2 cm³/mol. The minimum absolute atomic E-state index is 0.618. The van der Waals surface area contributed by atoms with E-state index >= 15 is 0 Å². The highest BCUT2D eigenvalue weighted by atomic mass is 16.5. The third kappa shape index (κ3) is 3.05. The Morgan fingerprint density at radius 2 is 1.44 bits per heavy atom. The molecule has 0 N–H and O–H groups in total. The normalized spacial score (nSPS) is 10.6. The zero-order valence-electron chi connectivity index (χ0n) is 14.8. The summed E-state index contributed by atoms with van der Waals surface area (Å²) < 4.78 is 21.8. The first-order chi connectivity index (χ1) is 12.2. The van der Waals surface area contributed by atoms with Gasteiger partial charge in [0.05, 0.1) is 34.1 Å². The summed E-state index contributed by atoms with van der Waals surface area (Å²) in [4.78, 5) is 4.57. The van der Waals surface area contributed by atoms with Crippen molar-refractivity contribution in [3.8, 4) is 23.0 Å². The molecule has 0 spiro atoms. The number of nitrogens with zero attached hydrogens (tertiary/aromatic N) is 1. The second kappa shape index (κ2) is 7.30. The number of hydrogen-bond donors (Lipinski definition) is 0. The van der Waals surface area contributed by atoms with Gasteiger partial charge in [-0.2, -0.15) is 0 Å². The van der Waals surface area contributed by atoms with Crippen molar-refractivity contribution in [2.24, 2.45) is 0 Å². The van der Waals surface area contributed by atoms with Gasteiger partial charge in [0.1, 0.15) is 0 Å². The third-order valence-electron chi connectivity index (χ3n) is 4.21. The Morgan fingerprint density at radius 3 is 2.12 bits per heavy atom. The van der Waals surface area contributed by atoms with Crippen LogP contribution in [0.2, 0.25) is 0 Å². The van der Waals surface area contributed by atoms with E-state index in [2.05, 4.69) is 4.98 Å². The monoisotopic (exact) mass is 339 g/mol. The number of rotatable bonds is 6. The van der Waals surface area contributed by atoms with Crippen LogP contribution < -0.4 is 18.9 Å². The van der Waals surface area contributed by atoms with Crippen molar-refractivity contribution in [2.45, 2.75) is 6.42 Å². The lowest BCUT2D eigenvalue weighted by Crippen LogP contribution is -2.00. The molecule has 5 heteroatoms. The van der Waals surface area contributed by atoms with Crippen LogP contribution in [0.25, 0.3) is 10.8 Å². The average molecular weight is 339 g/mol. The van der Waals surface area contributed by atoms with Crippen LogP contribution in [0.4, 0.5) is 0 Å². The molecule has 3 aromatic rings. The van der Waals surface area contributed by atoms with E-state index < -0.39 is 0 Å². The molecule has 0 aliphatic rings. The molecule has 0 unspecified atom stereocenters. The molecule has 0 fully saturated rings. The number of methoxy groups -OCH3 is 4. The molecular weight excluding hydrogens is 318 g/mol. The Labute approximate surface area is 147 Å².